The number of rotatable bonds is 3. The summed E-state index contributed by atoms with van der Waals surface area (Å²) >= 11 is 3.42. The van der Waals surface area contributed by atoms with Crippen LogP contribution in [-0.4, -0.2) is 9.78 Å². The van der Waals surface area contributed by atoms with E-state index in [1.54, 1.807) is 0 Å². The maximum absolute atomic E-state index is 5.68. The van der Waals surface area contributed by atoms with Crippen molar-refractivity contribution in [1.29, 1.82) is 0 Å². The number of benzene rings is 1. The second kappa shape index (κ2) is 4.80. The van der Waals surface area contributed by atoms with Crippen molar-refractivity contribution in [1.82, 2.24) is 9.78 Å². The largest absolute Gasteiger partial charge is 0.326 e. The second-order valence-electron chi connectivity index (χ2n) is 3.56. The molecule has 0 amide bonds. The predicted octanol–water partition coefficient (Wildman–Crippen LogP) is 2.66. The monoisotopic (exact) mass is 279 g/mol. The third-order valence-electron chi connectivity index (χ3n) is 2.58. The molecule has 1 heterocycles. The van der Waals surface area contributed by atoms with Gasteiger partial charge in [0.1, 0.15) is 0 Å². The summed E-state index contributed by atoms with van der Waals surface area (Å²) < 4.78 is 3.02. The molecule has 1 aromatic heterocycles. The average molecular weight is 280 g/mol. The van der Waals surface area contributed by atoms with Gasteiger partial charge in [-0.15, -0.1) is 0 Å². The van der Waals surface area contributed by atoms with Crippen LogP contribution in [0.3, 0.4) is 0 Å². The van der Waals surface area contributed by atoms with E-state index in [-0.39, 0.29) is 0 Å². The number of hydrogen-bond acceptors (Lipinski definition) is 2. The Hall–Kier alpha value is -1.13. The summed E-state index contributed by atoms with van der Waals surface area (Å²) in [4.78, 5) is 0. The van der Waals surface area contributed by atoms with Crippen LogP contribution >= 0.6 is 15.9 Å². The standard InChI is InChI=1S/C12H14BrN3/c1-2-12-9(7-14)8-15-16(12)11-5-3-10(13)4-6-11/h3-6,8H,2,7,14H2,1H3. The van der Waals surface area contributed by atoms with Gasteiger partial charge < -0.3 is 5.73 Å². The fourth-order valence-electron chi connectivity index (χ4n) is 1.76. The Balaban J connectivity index is 2.47. The predicted molar refractivity (Wildman–Crippen MR) is 68.5 cm³/mol. The van der Waals surface area contributed by atoms with Crippen LogP contribution in [0, 0.1) is 0 Å². The molecular weight excluding hydrogens is 266 g/mol. The van der Waals surface area contributed by atoms with Crippen molar-refractivity contribution in [2.45, 2.75) is 19.9 Å². The summed E-state index contributed by atoms with van der Waals surface area (Å²) in [6.07, 6.45) is 2.78. The van der Waals surface area contributed by atoms with Crippen molar-refractivity contribution in [2.75, 3.05) is 0 Å². The Morgan fingerprint density at radius 1 is 1.31 bits per heavy atom. The quantitative estimate of drug-likeness (QED) is 0.939. The summed E-state index contributed by atoms with van der Waals surface area (Å²) in [5.41, 5.74) is 9.05. The molecule has 0 spiro atoms. The fraction of sp³-hybridized carbons (Fsp3) is 0.250. The molecule has 0 bridgehead atoms. The Morgan fingerprint density at radius 3 is 2.56 bits per heavy atom. The lowest BCUT2D eigenvalue weighted by Gasteiger charge is -2.07. The Labute approximate surface area is 103 Å². The van der Waals surface area contributed by atoms with E-state index in [1.807, 2.05) is 35.1 Å². The van der Waals surface area contributed by atoms with Crippen LogP contribution in [0.1, 0.15) is 18.2 Å². The minimum Gasteiger partial charge on any atom is -0.326 e. The van der Waals surface area contributed by atoms with Crippen molar-refractivity contribution in [3.8, 4) is 5.69 Å². The third kappa shape index (κ3) is 2.03. The first-order valence-corrected chi connectivity index (χ1v) is 6.07. The molecule has 3 nitrogen and oxygen atoms in total. The van der Waals surface area contributed by atoms with E-state index in [0.717, 1.165) is 22.1 Å². The molecule has 0 unspecified atom stereocenters. The highest BCUT2D eigenvalue weighted by Gasteiger charge is 2.08. The van der Waals surface area contributed by atoms with Crippen LogP contribution in [0.25, 0.3) is 5.69 Å². The molecule has 4 heteroatoms. The molecule has 0 fully saturated rings. The lowest BCUT2D eigenvalue weighted by molar-refractivity contribution is 0.807. The second-order valence-corrected chi connectivity index (χ2v) is 4.48. The van der Waals surface area contributed by atoms with Gasteiger partial charge in [0, 0.05) is 22.3 Å². The molecule has 2 rings (SSSR count). The van der Waals surface area contributed by atoms with Crippen LogP contribution in [0.2, 0.25) is 0 Å². The van der Waals surface area contributed by atoms with Crippen molar-refractivity contribution in [2.24, 2.45) is 5.73 Å². The summed E-state index contributed by atoms with van der Waals surface area (Å²) in [6, 6.07) is 8.10. The molecule has 0 radical (unpaired) electrons. The van der Waals surface area contributed by atoms with E-state index in [4.69, 9.17) is 5.73 Å². The summed E-state index contributed by atoms with van der Waals surface area (Å²) in [6.45, 7) is 2.66. The molecule has 2 aromatic rings. The first kappa shape index (κ1) is 11.4. The van der Waals surface area contributed by atoms with E-state index in [2.05, 4.69) is 28.0 Å². The Bertz CT molecular complexity index is 474. The summed E-state index contributed by atoms with van der Waals surface area (Å²) in [5, 5.41) is 4.38. The highest BCUT2D eigenvalue weighted by atomic mass is 79.9. The molecule has 0 aliphatic carbocycles. The summed E-state index contributed by atoms with van der Waals surface area (Å²) in [7, 11) is 0. The molecule has 1 aromatic carbocycles. The first-order valence-electron chi connectivity index (χ1n) is 5.28. The number of aromatic nitrogens is 2. The lowest BCUT2D eigenvalue weighted by atomic mass is 10.2. The zero-order valence-electron chi connectivity index (χ0n) is 9.15. The number of halogens is 1. The zero-order chi connectivity index (χ0) is 11.5. The van der Waals surface area contributed by atoms with Gasteiger partial charge in [0.15, 0.2) is 0 Å². The van der Waals surface area contributed by atoms with Crippen LogP contribution in [0.4, 0.5) is 0 Å². The molecular formula is C12H14BrN3. The molecule has 16 heavy (non-hydrogen) atoms. The van der Waals surface area contributed by atoms with Crippen LogP contribution < -0.4 is 5.73 Å². The SMILES string of the molecule is CCc1c(CN)cnn1-c1ccc(Br)cc1. The molecule has 0 aliphatic heterocycles. The molecule has 0 atom stereocenters. The Morgan fingerprint density at radius 2 is 2.00 bits per heavy atom. The van der Waals surface area contributed by atoms with Gasteiger partial charge in [-0.2, -0.15) is 5.10 Å². The highest BCUT2D eigenvalue weighted by Crippen LogP contribution is 2.17. The van der Waals surface area contributed by atoms with E-state index in [9.17, 15) is 0 Å². The first-order chi connectivity index (χ1) is 7.76. The van der Waals surface area contributed by atoms with Gasteiger partial charge in [0.25, 0.3) is 0 Å². The van der Waals surface area contributed by atoms with Gasteiger partial charge in [0.05, 0.1) is 11.9 Å². The minimum absolute atomic E-state index is 0.541. The minimum atomic E-state index is 0.541. The highest BCUT2D eigenvalue weighted by molar-refractivity contribution is 9.10. The molecule has 0 saturated heterocycles. The maximum Gasteiger partial charge on any atom is 0.0649 e. The molecule has 0 aliphatic rings. The lowest BCUT2D eigenvalue weighted by Crippen LogP contribution is -2.04. The molecule has 2 N–H and O–H groups in total. The van der Waals surface area contributed by atoms with E-state index >= 15 is 0 Å². The smallest absolute Gasteiger partial charge is 0.0649 e. The number of nitrogens with two attached hydrogens (primary N) is 1. The van der Waals surface area contributed by atoms with Gasteiger partial charge >= 0.3 is 0 Å². The normalized spacial score (nSPS) is 10.7. The number of nitrogens with zero attached hydrogens (tertiary/aromatic N) is 2. The third-order valence-corrected chi connectivity index (χ3v) is 3.11. The van der Waals surface area contributed by atoms with Gasteiger partial charge in [-0.05, 0) is 30.7 Å². The van der Waals surface area contributed by atoms with E-state index in [0.29, 0.717) is 6.54 Å². The fourth-order valence-corrected chi connectivity index (χ4v) is 2.02. The van der Waals surface area contributed by atoms with E-state index < -0.39 is 0 Å². The average Bonchev–Trinajstić information content (AvgIpc) is 2.72. The maximum atomic E-state index is 5.68. The van der Waals surface area contributed by atoms with Gasteiger partial charge in [0.2, 0.25) is 0 Å². The summed E-state index contributed by atoms with van der Waals surface area (Å²) in [5.74, 6) is 0. The van der Waals surface area contributed by atoms with E-state index in [1.165, 1.54) is 5.69 Å². The molecule has 0 saturated carbocycles. The zero-order valence-corrected chi connectivity index (χ0v) is 10.7. The van der Waals surface area contributed by atoms with Gasteiger partial charge in [-0.25, -0.2) is 4.68 Å². The van der Waals surface area contributed by atoms with Crippen molar-refractivity contribution in [3.63, 3.8) is 0 Å². The van der Waals surface area contributed by atoms with Gasteiger partial charge in [-0.1, -0.05) is 22.9 Å². The topological polar surface area (TPSA) is 43.8 Å². The Kier molecular flexibility index (Phi) is 3.41. The number of hydrogen-bond donors (Lipinski definition) is 1. The van der Waals surface area contributed by atoms with Crippen LogP contribution in [0.15, 0.2) is 34.9 Å². The van der Waals surface area contributed by atoms with Crippen molar-refractivity contribution >= 4 is 15.9 Å². The van der Waals surface area contributed by atoms with Gasteiger partial charge in [-0.3, -0.25) is 0 Å². The van der Waals surface area contributed by atoms with Crippen molar-refractivity contribution < 1.29 is 0 Å². The van der Waals surface area contributed by atoms with Crippen LogP contribution in [-0.2, 0) is 13.0 Å². The van der Waals surface area contributed by atoms with Crippen molar-refractivity contribution in [3.05, 3.63) is 46.2 Å². The van der Waals surface area contributed by atoms with Crippen LogP contribution in [0.5, 0.6) is 0 Å². The molecule has 84 valence electrons.